The van der Waals surface area contributed by atoms with Crippen LogP contribution in [0.4, 0.5) is 5.69 Å². The zero-order valence-electron chi connectivity index (χ0n) is 12.4. The summed E-state index contributed by atoms with van der Waals surface area (Å²) in [6.07, 6.45) is 6.18. The van der Waals surface area contributed by atoms with Gasteiger partial charge in [-0.15, -0.1) is 0 Å². The first-order valence-electron chi connectivity index (χ1n) is 7.92. The fourth-order valence-corrected chi connectivity index (χ4v) is 3.26. The van der Waals surface area contributed by atoms with Crippen LogP contribution in [0.25, 0.3) is 0 Å². The van der Waals surface area contributed by atoms with Crippen LogP contribution < -0.4 is 4.90 Å². The van der Waals surface area contributed by atoms with E-state index in [0.717, 1.165) is 6.42 Å². The van der Waals surface area contributed by atoms with E-state index >= 15 is 0 Å². The van der Waals surface area contributed by atoms with Crippen LogP contribution in [0.3, 0.4) is 0 Å². The highest BCUT2D eigenvalue weighted by molar-refractivity contribution is 5.47. The predicted octanol–water partition coefficient (Wildman–Crippen LogP) is 4.38. The highest BCUT2D eigenvalue weighted by Gasteiger charge is 2.22. The third-order valence-corrected chi connectivity index (χ3v) is 4.42. The van der Waals surface area contributed by atoms with Crippen molar-refractivity contribution in [3.8, 4) is 5.75 Å². The number of para-hydroxylation sites is 1. The van der Waals surface area contributed by atoms with Gasteiger partial charge in [-0.1, -0.05) is 30.3 Å². The molecule has 2 heteroatoms. The molecule has 1 saturated heterocycles. The Hall–Kier alpha value is -1.96. The Morgan fingerprint density at radius 2 is 1.71 bits per heavy atom. The first kappa shape index (κ1) is 14.0. The van der Waals surface area contributed by atoms with E-state index in [1.54, 1.807) is 12.1 Å². The summed E-state index contributed by atoms with van der Waals surface area (Å²) < 4.78 is 0. The third kappa shape index (κ3) is 3.57. The molecular formula is C19H23NO. The van der Waals surface area contributed by atoms with Crippen LogP contribution in [0.15, 0.2) is 54.6 Å². The minimum absolute atomic E-state index is 0.349. The van der Waals surface area contributed by atoms with Crippen molar-refractivity contribution in [1.29, 1.82) is 0 Å². The minimum atomic E-state index is 0.349. The lowest BCUT2D eigenvalue weighted by atomic mass is 9.95. The summed E-state index contributed by atoms with van der Waals surface area (Å²) in [5.74, 6) is 0.349. The number of piperidine rings is 1. The van der Waals surface area contributed by atoms with Gasteiger partial charge >= 0.3 is 0 Å². The van der Waals surface area contributed by atoms with E-state index in [4.69, 9.17) is 0 Å². The number of phenols is 1. The lowest BCUT2D eigenvalue weighted by Crippen LogP contribution is -2.39. The first-order valence-corrected chi connectivity index (χ1v) is 7.92. The summed E-state index contributed by atoms with van der Waals surface area (Å²) in [7, 11) is 0. The Bertz CT molecular complexity index is 550. The molecule has 1 aliphatic rings. The molecule has 1 heterocycles. The number of anilines is 1. The first-order chi connectivity index (χ1) is 10.3. The van der Waals surface area contributed by atoms with Crippen LogP contribution >= 0.6 is 0 Å². The highest BCUT2D eigenvalue weighted by Crippen LogP contribution is 2.27. The molecule has 1 unspecified atom stereocenters. The molecule has 1 aliphatic heterocycles. The van der Waals surface area contributed by atoms with Gasteiger partial charge in [-0.3, -0.25) is 0 Å². The van der Waals surface area contributed by atoms with Crippen LogP contribution in [0.5, 0.6) is 5.75 Å². The van der Waals surface area contributed by atoms with Gasteiger partial charge in [0.1, 0.15) is 5.75 Å². The molecule has 0 aliphatic carbocycles. The standard InChI is InChI=1S/C19H23NO/c21-19-13-10-16(11-14-19)9-12-18-8-4-5-15-20(18)17-6-2-1-3-7-17/h1-3,6-7,10-11,13-14,18,21H,4-5,8-9,12,15H2. The molecule has 0 aromatic heterocycles. The molecule has 0 radical (unpaired) electrons. The quantitative estimate of drug-likeness (QED) is 0.898. The molecule has 110 valence electrons. The number of hydrogen-bond acceptors (Lipinski definition) is 2. The monoisotopic (exact) mass is 281 g/mol. The topological polar surface area (TPSA) is 23.5 Å². The van der Waals surface area contributed by atoms with Crippen LogP contribution in [0.2, 0.25) is 0 Å². The summed E-state index contributed by atoms with van der Waals surface area (Å²) in [6, 6.07) is 19.0. The van der Waals surface area contributed by atoms with Gasteiger partial charge < -0.3 is 10.0 Å². The molecule has 21 heavy (non-hydrogen) atoms. The second kappa shape index (κ2) is 6.66. The number of benzene rings is 2. The Morgan fingerprint density at radius 1 is 0.952 bits per heavy atom. The maximum absolute atomic E-state index is 9.36. The molecule has 0 spiro atoms. The average Bonchev–Trinajstić information content (AvgIpc) is 2.55. The van der Waals surface area contributed by atoms with Crippen molar-refractivity contribution in [3.05, 3.63) is 60.2 Å². The summed E-state index contributed by atoms with van der Waals surface area (Å²) in [5, 5.41) is 9.36. The Morgan fingerprint density at radius 3 is 2.48 bits per heavy atom. The maximum Gasteiger partial charge on any atom is 0.115 e. The van der Waals surface area contributed by atoms with E-state index in [-0.39, 0.29) is 0 Å². The van der Waals surface area contributed by atoms with Crippen molar-refractivity contribution >= 4 is 5.69 Å². The molecular weight excluding hydrogens is 258 g/mol. The average molecular weight is 281 g/mol. The van der Waals surface area contributed by atoms with Crippen molar-refractivity contribution < 1.29 is 5.11 Å². The molecule has 2 aromatic rings. The second-order valence-corrected chi connectivity index (χ2v) is 5.88. The lowest BCUT2D eigenvalue weighted by molar-refractivity contribution is 0.438. The number of phenolic OH excluding ortho intramolecular Hbond substituents is 1. The molecule has 1 fully saturated rings. The number of hydrogen-bond donors (Lipinski definition) is 1. The third-order valence-electron chi connectivity index (χ3n) is 4.42. The number of aryl methyl sites for hydroxylation is 1. The van der Waals surface area contributed by atoms with Gasteiger partial charge in [0.2, 0.25) is 0 Å². The van der Waals surface area contributed by atoms with Crippen molar-refractivity contribution in [2.45, 2.75) is 38.1 Å². The summed E-state index contributed by atoms with van der Waals surface area (Å²) >= 11 is 0. The number of aromatic hydroxyl groups is 1. The Kier molecular flexibility index (Phi) is 4.44. The van der Waals surface area contributed by atoms with E-state index in [1.165, 1.54) is 43.5 Å². The normalized spacial score (nSPS) is 18.7. The van der Waals surface area contributed by atoms with Gasteiger partial charge in [0.05, 0.1) is 0 Å². The van der Waals surface area contributed by atoms with Crippen molar-refractivity contribution in [3.63, 3.8) is 0 Å². The van der Waals surface area contributed by atoms with Crippen LogP contribution in [0.1, 0.15) is 31.2 Å². The molecule has 2 aromatic carbocycles. The molecule has 2 nitrogen and oxygen atoms in total. The summed E-state index contributed by atoms with van der Waals surface area (Å²) in [4.78, 5) is 2.57. The van der Waals surface area contributed by atoms with Crippen molar-refractivity contribution in [2.75, 3.05) is 11.4 Å². The SMILES string of the molecule is Oc1ccc(CCC2CCCCN2c2ccccc2)cc1. The fourth-order valence-electron chi connectivity index (χ4n) is 3.26. The predicted molar refractivity (Wildman–Crippen MR) is 87.9 cm³/mol. The van der Waals surface area contributed by atoms with Gasteiger partial charge in [-0.05, 0) is 61.9 Å². The van der Waals surface area contributed by atoms with Crippen molar-refractivity contribution in [2.24, 2.45) is 0 Å². The van der Waals surface area contributed by atoms with E-state index in [2.05, 4.69) is 35.2 Å². The van der Waals surface area contributed by atoms with Gasteiger partial charge in [0.15, 0.2) is 0 Å². The van der Waals surface area contributed by atoms with E-state index in [9.17, 15) is 5.11 Å². The molecule has 0 saturated carbocycles. The van der Waals surface area contributed by atoms with E-state index in [0.29, 0.717) is 11.8 Å². The fraction of sp³-hybridized carbons (Fsp3) is 0.368. The van der Waals surface area contributed by atoms with E-state index in [1.807, 2.05) is 12.1 Å². The molecule has 3 rings (SSSR count). The number of rotatable bonds is 4. The largest absolute Gasteiger partial charge is 0.508 e. The Balaban J connectivity index is 1.66. The smallest absolute Gasteiger partial charge is 0.115 e. The van der Waals surface area contributed by atoms with Gasteiger partial charge in [-0.25, -0.2) is 0 Å². The van der Waals surface area contributed by atoms with Gasteiger partial charge in [0.25, 0.3) is 0 Å². The molecule has 0 bridgehead atoms. The summed E-state index contributed by atoms with van der Waals surface area (Å²) in [6.45, 7) is 1.17. The van der Waals surface area contributed by atoms with E-state index < -0.39 is 0 Å². The highest BCUT2D eigenvalue weighted by atomic mass is 16.3. The van der Waals surface area contributed by atoms with Crippen molar-refractivity contribution in [1.82, 2.24) is 0 Å². The van der Waals surface area contributed by atoms with Crippen LogP contribution in [-0.2, 0) is 6.42 Å². The lowest BCUT2D eigenvalue weighted by Gasteiger charge is -2.38. The Labute approximate surface area is 127 Å². The van der Waals surface area contributed by atoms with Gasteiger partial charge in [0, 0.05) is 18.3 Å². The second-order valence-electron chi connectivity index (χ2n) is 5.88. The molecule has 0 amide bonds. The molecule has 1 N–H and O–H groups in total. The zero-order chi connectivity index (χ0) is 14.5. The number of nitrogens with zero attached hydrogens (tertiary/aromatic N) is 1. The van der Waals surface area contributed by atoms with Gasteiger partial charge in [-0.2, -0.15) is 0 Å². The zero-order valence-corrected chi connectivity index (χ0v) is 12.4. The van der Waals surface area contributed by atoms with Crippen LogP contribution in [0, 0.1) is 0 Å². The van der Waals surface area contributed by atoms with Crippen LogP contribution in [-0.4, -0.2) is 17.7 Å². The summed E-state index contributed by atoms with van der Waals surface area (Å²) in [5.41, 5.74) is 2.67. The minimum Gasteiger partial charge on any atom is -0.508 e. The molecule has 1 atom stereocenters. The maximum atomic E-state index is 9.36.